The number of hydrogen-bond acceptors (Lipinski definition) is 4. The van der Waals surface area contributed by atoms with Gasteiger partial charge in [-0.2, -0.15) is 0 Å². The van der Waals surface area contributed by atoms with E-state index in [9.17, 15) is 4.79 Å². The molecule has 5 nitrogen and oxygen atoms in total. The molecule has 1 heterocycles. The van der Waals surface area contributed by atoms with Gasteiger partial charge >= 0.3 is 0 Å². The number of amides is 1. The molecule has 0 aromatic heterocycles. The Bertz CT molecular complexity index is 749. The highest BCUT2D eigenvalue weighted by Crippen LogP contribution is 2.33. The van der Waals surface area contributed by atoms with Crippen molar-refractivity contribution in [2.45, 2.75) is 13.0 Å². The van der Waals surface area contributed by atoms with Crippen molar-refractivity contribution in [2.75, 3.05) is 25.1 Å². The number of rotatable bonds is 6. The minimum absolute atomic E-state index is 0.0798. The summed E-state index contributed by atoms with van der Waals surface area (Å²) in [6.45, 7) is 1.40. The van der Waals surface area contributed by atoms with Gasteiger partial charge in [-0.05, 0) is 35.9 Å². The summed E-state index contributed by atoms with van der Waals surface area (Å²) in [5, 5.41) is 15.4. The van der Waals surface area contributed by atoms with Crippen molar-refractivity contribution in [1.29, 1.82) is 0 Å². The van der Waals surface area contributed by atoms with E-state index < -0.39 is 0 Å². The fraction of sp³-hybridized carbons (Fsp3) is 0.278. The first kappa shape index (κ1) is 16.6. The molecule has 0 atom stereocenters. The lowest BCUT2D eigenvalue weighted by atomic mass is 10.1. The smallest absolute Gasteiger partial charge is 0.251 e. The highest BCUT2D eigenvalue weighted by molar-refractivity contribution is 6.30. The normalized spacial score (nSPS) is 12.4. The van der Waals surface area contributed by atoms with E-state index in [2.05, 4.69) is 10.6 Å². The number of aliphatic hydroxyl groups is 1. The van der Waals surface area contributed by atoms with Gasteiger partial charge in [-0.25, -0.2) is 0 Å². The number of halogens is 1. The molecule has 126 valence electrons. The molecule has 0 aliphatic carbocycles. The third-order valence-electron chi connectivity index (χ3n) is 3.83. The summed E-state index contributed by atoms with van der Waals surface area (Å²) in [5.74, 6) is 0.698. The maximum Gasteiger partial charge on any atom is 0.251 e. The van der Waals surface area contributed by atoms with E-state index in [-0.39, 0.29) is 19.1 Å². The van der Waals surface area contributed by atoms with Gasteiger partial charge in [0.2, 0.25) is 0 Å². The summed E-state index contributed by atoms with van der Waals surface area (Å²) in [4.78, 5) is 11.9. The fourth-order valence-electron chi connectivity index (χ4n) is 2.72. The van der Waals surface area contributed by atoms with Crippen LogP contribution in [0.15, 0.2) is 36.4 Å². The van der Waals surface area contributed by atoms with E-state index in [1.807, 2.05) is 24.3 Å². The van der Waals surface area contributed by atoms with E-state index in [1.54, 1.807) is 12.1 Å². The summed E-state index contributed by atoms with van der Waals surface area (Å²) in [6.07, 6.45) is 0.878. The summed E-state index contributed by atoms with van der Waals surface area (Å²) in [7, 11) is 0. The van der Waals surface area contributed by atoms with E-state index >= 15 is 0 Å². The van der Waals surface area contributed by atoms with Gasteiger partial charge < -0.3 is 20.5 Å². The second-order valence-corrected chi connectivity index (χ2v) is 6.00. The Morgan fingerprint density at radius 1 is 1.29 bits per heavy atom. The monoisotopic (exact) mass is 346 g/mol. The van der Waals surface area contributed by atoms with E-state index in [0.29, 0.717) is 23.7 Å². The summed E-state index contributed by atoms with van der Waals surface area (Å²) >= 11 is 6.17. The molecule has 0 unspecified atom stereocenters. The molecule has 2 aromatic rings. The van der Waals surface area contributed by atoms with Crippen LogP contribution in [0.3, 0.4) is 0 Å². The van der Waals surface area contributed by atoms with E-state index in [1.165, 1.54) is 0 Å². The van der Waals surface area contributed by atoms with Gasteiger partial charge in [-0.15, -0.1) is 0 Å². The van der Waals surface area contributed by atoms with Gasteiger partial charge in [-0.1, -0.05) is 17.7 Å². The first-order chi connectivity index (χ1) is 11.7. The van der Waals surface area contributed by atoms with E-state index in [4.69, 9.17) is 21.4 Å². The number of hydrogen-bond donors (Lipinski definition) is 3. The quantitative estimate of drug-likeness (QED) is 0.752. The van der Waals surface area contributed by atoms with Crippen LogP contribution in [0.2, 0.25) is 5.02 Å². The van der Waals surface area contributed by atoms with Crippen molar-refractivity contribution in [3.63, 3.8) is 0 Å². The zero-order valence-electron chi connectivity index (χ0n) is 13.1. The number of carbonyl (C=O) groups is 1. The average molecular weight is 347 g/mol. The van der Waals surface area contributed by atoms with Crippen LogP contribution in [0, 0.1) is 0 Å². The zero-order valence-corrected chi connectivity index (χ0v) is 13.9. The van der Waals surface area contributed by atoms with Gasteiger partial charge in [0, 0.05) is 41.3 Å². The number of benzene rings is 2. The number of ether oxygens (including phenoxy) is 1. The summed E-state index contributed by atoms with van der Waals surface area (Å²) < 4.78 is 5.69. The Morgan fingerprint density at radius 3 is 3.00 bits per heavy atom. The lowest BCUT2D eigenvalue weighted by Gasteiger charge is -2.12. The molecular weight excluding hydrogens is 328 g/mol. The van der Waals surface area contributed by atoms with Crippen LogP contribution in [-0.2, 0) is 13.0 Å². The highest BCUT2D eigenvalue weighted by atomic mass is 35.5. The van der Waals surface area contributed by atoms with Gasteiger partial charge in [-0.3, -0.25) is 4.79 Å². The predicted molar refractivity (Wildman–Crippen MR) is 93.8 cm³/mol. The molecule has 0 saturated carbocycles. The molecule has 0 fully saturated rings. The predicted octanol–water partition coefficient (Wildman–Crippen LogP) is 2.61. The maximum atomic E-state index is 11.9. The lowest BCUT2D eigenvalue weighted by Crippen LogP contribution is -2.26. The molecule has 0 spiro atoms. The van der Waals surface area contributed by atoms with Crippen molar-refractivity contribution in [3.8, 4) is 5.75 Å². The first-order valence-electron chi connectivity index (χ1n) is 7.84. The first-order valence-corrected chi connectivity index (χ1v) is 8.22. The third kappa shape index (κ3) is 3.80. The van der Waals surface area contributed by atoms with Gasteiger partial charge in [0.25, 0.3) is 5.91 Å². The summed E-state index contributed by atoms with van der Waals surface area (Å²) in [5.41, 5.74) is 3.51. The number of nitrogens with one attached hydrogen (secondary N) is 2. The minimum atomic E-state index is -0.209. The van der Waals surface area contributed by atoms with E-state index in [0.717, 1.165) is 29.0 Å². The Labute approximate surface area is 145 Å². The molecule has 3 N–H and O–H groups in total. The van der Waals surface area contributed by atoms with Crippen LogP contribution in [0.5, 0.6) is 5.75 Å². The van der Waals surface area contributed by atoms with Gasteiger partial charge in [0.05, 0.1) is 13.2 Å². The Morgan fingerprint density at radius 2 is 2.17 bits per heavy atom. The molecular formula is C18H19ClN2O3. The molecule has 3 rings (SSSR count). The number of aliphatic hydroxyl groups excluding tert-OH is 1. The fourth-order valence-corrected chi connectivity index (χ4v) is 2.98. The number of anilines is 1. The molecule has 2 aromatic carbocycles. The molecule has 1 aliphatic heterocycles. The topological polar surface area (TPSA) is 70.6 Å². The van der Waals surface area contributed by atoms with Crippen LogP contribution in [0.1, 0.15) is 21.5 Å². The maximum absolute atomic E-state index is 11.9. The molecule has 0 bridgehead atoms. The largest absolute Gasteiger partial charge is 0.493 e. The molecule has 0 radical (unpaired) electrons. The molecule has 6 heteroatoms. The average Bonchev–Trinajstić information content (AvgIpc) is 3.06. The standard InChI is InChI=1S/C18H19ClN2O3/c19-15-8-12-4-7-24-17(12)14(9-15)11-21-16-3-1-2-13(10-16)18(23)20-5-6-22/h1-3,8-10,21-22H,4-7,11H2,(H,20,23). The molecule has 1 aliphatic rings. The van der Waals surface area contributed by atoms with Crippen molar-refractivity contribution in [1.82, 2.24) is 5.32 Å². The Balaban J connectivity index is 1.70. The lowest BCUT2D eigenvalue weighted by molar-refractivity contribution is 0.0945. The van der Waals surface area contributed by atoms with Crippen LogP contribution < -0.4 is 15.4 Å². The number of fused-ring (bicyclic) bond motifs is 1. The van der Waals surface area contributed by atoms with Crippen molar-refractivity contribution < 1.29 is 14.6 Å². The second kappa shape index (κ2) is 7.55. The minimum Gasteiger partial charge on any atom is -0.493 e. The zero-order chi connectivity index (χ0) is 16.9. The summed E-state index contributed by atoms with van der Waals surface area (Å²) in [6, 6.07) is 11.1. The molecule has 0 saturated heterocycles. The SMILES string of the molecule is O=C(NCCO)c1cccc(NCc2cc(Cl)cc3c2OCC3)c1. The highest BCUT2D eigenvalue weighted by Gasteiger charge is 2.17. The Hall–Kier alpha value is -2.24. The van der Waals surface area contributed by atoms with Gasteiger partial charge in [0.1, 0.15) is 5.75 Å². The third-order valence-corrected chi connectivity index (χ3v) is 4.05. The van der Waals surface area contributed by atoms with Crippen LogP contribution in [0.4, 0.5) is 5.69 Å². The van der Waals surface area contributed by atoms with Crippen LogP contribution in [-0.4, -0.2) is 30.8 Å². The second-order valence-electron chi connectivity index (χ2n) is 5.57. The molecule has 1 amide bonds. The van der Waals surface area contributed by atoms with Crippen molar-refractivity contribution in [3.05, 3.63) is 58.1 Å². The van der Waals surface area contributed by atoms with Crippen LogP contribution >= 0.6 is 11.6 Å². The van der Waals surface area contributed by atoms with Crippen molar-refractivity contribution >= 4 is 23.2 Å². The molecule has 24 heavy (non-hydrogen) atoms. The van der Waals surface area contributed by atoms with Crippen LogP contribution in [0.25, 0.3) is 0 Å². The Kier molecular flexibility index (Phi) is 5.23. The number of carbonyl (C=O) groups excluding carboxylic acids is 1. The van der Waals surface area contributed by atoms with Crippen molar-refractivity contribution in [2.24, 2.45) is 0 Å². The van der Waals surface area contributed by atoms with Gasteiger partial charge in [0.15, 0.2) is 0 Å².